The summed E-state index contributed by atoms with van der Waals surface area (Å²) in [5.41, 5.74) is 5.51. The van der Waals surface area contributed by atoms with Crippen molar-refractivity contribution >= 4 is 18.3 Å². The van der Waals surface area contributed by atoms with E-state index < -0.39 is 17.8 Å². The van der Waals surface area contributed by atoms with Crippen molar-refractivity contribution in [1.29, 1.82) is 0 Å². The van der Waals surface area contributed by atoms with Gasteiger partial charge < -0.3 is 11.1 Å². The first kappa shape index (κ1) is 18.8. The number of alkyl halides is 3. The molecule has 0 radical (unpaired) electrons. The molecule has 1 aromatic carbocycles. The third kappa shape index (κ3) is 4.61. The number of hydrogen-bond acceptors (Lipinski definition) is 2. The average molecular weight is 337 g/mol. The molecule has 0 aliphatic heterocycles. The molecule has 1 aliphatic rings. The Balaban J connectivity index is 0.00000242. The van der Waals surface area contributed by atoms with Crippen LogP contribution in [0.15, 0.2) is 24.3 Å². The lowest BCUT2D eigenvalue weighted by Crippen LogP contribution is -2.32. The molecule has 1 aliphatic carbocycles. The number of nitrogens with two attached hydrogens (primary N) is 1. The predicted molar refractivity (Wildman–Crippen MR) is 80.6 cm³/mol. The van der Waals surface area contributed by atoms with Crippen LogP contribution in [0.3, 0.4) is 0 Å². The van der Waals surface area contributed by atoms with Gasteiger partial charge in [0, 0.05) is 12.0 Å². The van der Waals surface area contributed by atoms with Crippen LogP contribution in [0.5, 0.6) is 0 Å². The average Bonchev–Trinajstić information content (AvgIpc) is 2.84. The third-order valence-electron chi connectivity index (χ3n) is 3.92. The SMILES string of the molecule is CC(NC(=O)C1CCC(N)C1)c1cccc(C(F)(F)F)c1.Cl. The van der Waals surface area contributed by atoms with Gasteiger partial charge in [0.15, 0.2) is 0 Å². The van der Waals surface area contributed by atoms with Crippen LogP contribution < -0.4 is 11.1 Å². The second-order valence-corrected chi connectivity index (χ2v) is 5.62. The standard InChI is InChI=1S/C15H19F3N2O.ClH/c1-9(20-14(21)11-5-6-13(19)8-11)10-3-2-4-12(7-10)15(16,17)18;/h2-4,7,9,11,13H,5-6,8,19H2,1H3,(H,20,21);1H. The van der Waals surface area contributed by atoms with Crippen molar-refractivity contribution in [2.24, 2.45) is 11.7 Å². The first-order chi connectivity index (χ1) is 9.77. The topological polar surface area (TPSA) is 55.1 Å². The van der Waals surface area contributed by atoms with E-state index >= 15 is 0 Å². The molecule has 1 aromatic rings. The van der Waals surface area contributed by atoms with Gasteiger partial charge in [-0.25, -0.2) is 0 Å². The van der Waals surface area contributed by atoms with Gasteiger partial charge in [0.05, 0.1) is 11.6 Å². The van der Waals surface area contributed by atoms with E-state index in [-0.39, 0.29) is 30.3 Å². The molecule has 2 rings (SSSR count). The van der Waals surface area contributed by atoms with Crippen molar-refractivity contribution in [3.63, 3.8) is 0 Å². The maximum absolute atomic E-state index is 12.7. The normalized spacial score (nSPS) is 22.8. The van der Waals surface area contributed by atoms with Crippen LogP contribution >= 0.6 is 12.4 Å². The molecule has 3 N–H and O–H groups in total. The molecule has 3 unspecified atom stereocenters. The van der Waals surface area contributed by atoms with Crippen LogP contribution in [0.2, 0.25) is 0 Å². The van der Waals surface area contributed by atoms with Gasteiger partial charge in [0.1, 0.15) is 0 Å². The zero-order valence-corrected chi connectivity index (χ0v) is 13.0. The number of rotatable bonds is 3. The highest BCUT2D eigenvalue weighted by atomic mass is 35.5. The van der Waals surface area contributed by atoms with E-state index in [4.69, 9.17) is 5.73 Å². The number of benzene rings is 1. The number of carbonyl (C=O) groups excluding carboxylic acids is 1. The van der Waals surface area contributed by atoms with E-state index in [2.05, 4.69) is 5.32 Å². The fraction of sp³-hybridized carbons (Fsp3) is 0.533. The van der Waals surface area contributed by atoms with Crippen LogP contribution in [0, 0.1) is 5.92 Å². The van der Waals surface area contributed by atoms with Crippen molar-refractivity contribution in [2.45, 2.75) is 44.4 Å². The van der Waals surface area contributed by atoms with Crippen molar-refractivity contribution in [2.75, 3.05) is 0 Å². The van der Waals surface area contributed by atoms with Crippen molar-refractivity contribution < 1.29 is 18.0 Å². The van der Waals surface area contributed by atoms with Gasteiger partial charge in [-0.1, -0.05) is 12.1 Å². The van der Waals surface area contributed by atoms with E-state index in [1.54, 1.807) is 13.0 Å². The lowest BCUT2D eigenvalue weighted by atomic mass is 10.0. The van der Waals surface area contributed by atoms with Gasteiger partial charge in [-0.2, -0.15) is 13.2 Å². The van der Waals surface area contributed by atoms with Gasteiger partial charge in [0.25, 0.3) is 0 Å². The summed E-state index contributed by atoms with van der Waals surface area (Å²) in [6.45, 7) is 1.68. The summed E-state index contributed by atoms with van der Waals surface area (Å²) < 4.78 is 38.0. The first-order valence-corrected chi connectivity index (χ1v) is 7.00. The van der Waals surface area contributed by atoms with Crippen molar-refractivity contribution in [1.82, 2.24) is 5.32 Å². The molecule has 0 aromatic heterocycles. The van der Waals surface area contributed by atoms with Gasteiger partial charge in [-0.3, -0.25) is 4.79 Å². The molecule has 0 heterocycles. The summed E-state index contributed by atoms with van der Waals surface area (Å²) in [4.78, 5) is 12.1. The number of nitrogens with one attached hydrogen (secondary N) is 1. The minimum atomic E-state index is -4.38. The molecule has 0 spiro atoms. The molecule has 22 heavy (non-hydrogen) atoms. The Kier molecular flexibility index (Phi) is 6.26. The Labute approximate surface area is 133 Å². The quantitative estimate of drug-likeness (QED) is 0.888. The Morgan fingerprint density at radius 2 is 2.05 bits per heavy atom. The lowest BCUT2D eigenvalue weighted by molar-refractivity contribution is -0.137. The minimum absolute atomic E-state index is 0. The van der Waals surface area contributed by atoms with E-state index in [1.807, 2.05) is 0 Å². The Hall–Kier alpha value is -1.27. The summed E-state index contributed by atoms with van der Waals surface area (Å²) in [6, 6.07) is 4.62. The minimum Gasteiger partial charge on any atom is -0.349 e. The lowest BCUT2D eigenvalue weighted by Gasteiger charge is -2.18. The highest BCUT2D eigenvalue weighted by Crippen LogP contribution is 2.31. The molecule has 0 saturated heterocycles. The maximum Gasteiger partial charge on any atom is 0.416 e. The van der Waals surface area contributed by atoms with E-state index in [9.17, 15) is 18.0 Å². The van der Waals surface area contributed by atoms with Gasteiger partial charge >= 0.3 is 6.18 Å². The largest absolute Gasteiger partial charge is 0.416 e. The molecule has 7 heteroatoms. The molecule has 1 amide bonds. The van der Waals surface area contributed by atoms with Gasteiger partial charge in [-0.05, 0) is 43.9 Å². The van der Waals surface area contributed by atoms with Gasteiger partial charge in [0.2, 0.25) is 5.91 Å². The fourth-order valence-electron chi connectivity index (χ4n) is 2.65. The first-order valence-electron chi connectivity index (χ1n) is 7.00. The number of halogens is 4. The third-order valence-corrected chi connectivity index (χ3v) is 3.92. The predicted octanol–water partition coefficient (Wildman–Crippen LogP) is 3.43. The molecule has 1 saturated carbocycles. The second-order valence-electron chi connectivity index (χ2n) is 5.62. The molecule has 0 bridgehead atoms. The van der Waals surface area contributed by atoms with E-state index in [1.165, 1.54) is 6.07 Å². The summed E-state index contributed by atoms with van der Waals surface area (Å²) in [7, 11) is 0. The molecule has 3 nitrogen and oxygen atoms in total. The maximum atomic E-state index is 12.7. The van der Waals surface area contributed by atoms with Crippen LogP contribution in [-0.4, -0.2) is 11.9 Å². The number of carbonyl (C=O) groups is 1. The zero-order valence-electron chi connectivity index (χ0n) is 12.2. The summed E-state index contributed by atoms with van der Waals surface area (Å²) in [5.74, 6) is -0.263. The van der Waals surface area contributed by atoms with Crippen molar-refractivity contribution in [3.8, 4) is 0 Å². The highest BCUT2D eigenvalue weighted by Gasteiger charge is 2.31. The molecule has 1 fully saturated rings. The molecule has 3 atom stereocenters. The molecular formula is C15H20ClF3N2O. The summed E-state index contributed by atoms with van der Waals surface area (Å²) >= 11 is 0. The second kappa shape index (κ2) is 7.33. The van der Waals surface area contributed by atoms with E-state index in [0.717, 1.165) is 25.0 Å². The monoisotopic (exact) mass is 336 g/mol. The highest BCUT2D eigenvalue weighted by molar-refractivity contribution is 5.85. The van der Waals surface area contributed by atoms with Crippen LogP contribution in [0.4, 0.5) is 13.2 Å². The Morgan fingerprint density at radius 3 is 2.59 bits per heavy atom. The summed E-state index contributed by atoms with van der Waals surface area (Å²) in [5, 5.41) is 2.78. The van der Waals surface area contributed by atoms with Gasteiger partial charge in [-0.15, -0.1) is 12.4 Å². The Morgan fingerprint density at radius 1 is 1.36 bits per heavy atom. The van der Waals surface area contributed by atoms with Crippen LogP contribution in [0.1, 0.15) is 43.4 Å². The number of amides is 1. The molecule has 124 valence electrons. The Bertz CT molecular complexity index is 522. The van der Waals surface area contributed by atoms with Crippen molar-refractivity contribution in [3.05, 3.63) is 35.4 Å². The smallest absolute Gasteiger partial charge is 0.349 e. The summed E-state index contributed by atoms with van der Waals surface area (Å²) in [6.07, 6.45) is -2.18. The molecular weight excluding hydrogens is 317 g/mol. The van der Waals surface area contributed by atoms with Crippen LogP contribution in [-0.2, 0) is 11.0 Å². The van der Waals surface area contributed by atoms with E-state index in [0.29, 0.717) is 12.0 Å². The number of hydrogen-bond donors (Lipinski definition) is 2. The fourth-order valence-corrected chi connectivity index (χ4v) is 2.65. The zero-order chi connectivity index (χ0) is 15.6. The van der Waals surface area contributed by atoms with Crippen LogP contribution in [0.25, 0.3) is 0 Å².